The Morgan fingerprint density at radius 3 is 2.41 bits per heavy atom. The van der Waals surface area contributed by atoms with Crippen molar-refractivity contribution in [1.82, 2.24) is 4.90 Å². The number of esters is 1. The van der Waals surface area contributed by atoms with Crippen LogP contribution in [0, 0.1) is 25.7 Å². The van der Waals surface area contributed by atoms with Crippen molar-refractivity contribution in [2.75, 3.05) is 24.7 Å². The lowest BCUT2D eigenvalue weighted by Gasteiger charge is -2.40. The maximum absolute atomic E-state index is 14.9. The van der Waals surface area contributed by atoms with E-state index in [1.165, 1.54) is 11.8 Å². The number of para-hydroxylation sites is 1. The molecule has 41 heavy (non-hydrogen) atoms. The number of hydrogen-bond acceptors (Lipinski definition) is 6. The van der Waals surface area contributed by atoms with Gasteiger partial charge in [0.05, 0.1) is 35.8 Å². The maximum atomic E-state index is 14.9. The number of rotatable bonds is 5. The number of carbonyl (C=O) groups excluding carboxylic acids is 3. The molecular formula is C33H36N2O5S. The number of aliphatic hydroxyl groups is 1. The van der Waals surface area contributed by atoms with Gasteiger partial charge in [-0.25, -0.2) is 0 Å². The van der Waals surface area contributed by atoms with E-state index in [1.54, 1.807) is 9.80 Å². The van der Waals surface area contributed by atoms with Crippen molar-refractivity contribution in [1.29, 1.82) is 0 Å². The molecular weight excluding hydrogens is 536 g/mol. The third kappa shape index (κ3) is 4.34. The summed E-state index contributed by atoms with van der Waals surface area (Å²) in [6, 6.07) is 14.1. The van der Waals surface area contributed by atoms with E-state index < -0.39 is 39.4 Å². The molecule has 0 bridgehead atoms. The number of hydrogen-bond donors (Lipinski definition) is 1. The number of likely N-dealkylation sites (tertiary alicyclic amines) is 1. The van der Waals surface area contributed by atoms with Gasteiger partial charge in [0.1, 0.15) is 6.04 Å². The van der Waals surface area contributed by atoms with Gasteiger partial charge in [0.15, 0.2) is 0 Å². The number of anilines is 1. The lowest BCUT2D eigenvalue weighted by atomic mass is 9.74. The van der Waals surface area contributed by atoms with Crippen LogP contribution in [-0.2, 0) is 25.5 Å². The van der Waals surface area contributed by atoms with Crippen molar-refractivity contribution in [3.05, 3.63) is 89.5 Å². The molecule has 0 saturated carbocycles. The highest BCUT2D eigenvalue weighted by molar-refractivity contribution is 8.02. The highest BCUT2D eigenvalue weighted by atomic mass is 32.2. The summed E-state index contributed by atoms with van der Waals surface area (Å²) >= 11 is 1.52. The van der Waals surface area contributed by atoms with Gasteiger partial charge in [-0.05, 0) is 50.3 Å². The number of fused-ring (bicyclic) bond motifs is 2. The predicted molar refractivity (Wildman–Crippen MR) is 159 cm³/mol. The molecule has 2 fully saturated rings. The first-order chi connectivity index (χ1) is 19.7. The monoisotopic (exact) mass is 572 g/mol. The number of cyclic esters (lactones) is 1. The van der Waals surface area contributed by atoms with E-state index in [9.17, 15) is 19.5 Å². The van der Waals surface area contributed by atoms with Gasteiger partial charge in [-0.2, -0.15) is 0 Å². The van der Waals surface area contributed by atoms with Crippen LogP contribution < -0.4 is 4.90 Å². The Bertz CT molecular complexity index is 1420. The number of thioether (sulfide) groups is 1. The van der Waals surface area contributed by atoms with Crippen LogP contribution in [0.2, 0.25) is 0 Å². The summed E-state index contributed by atoms with van der Waals surface area (Å²) in [5, 5.41) is 10.7. The van der Waals surface area contributed by atoms with Gasteiger partial charge in [0.25, 0.3) is 5.91 Å². The van der Waals surface area contributed by atoms with Gasteiger partial charge in [0.2, 0.25) is 5.91 Å². The smallest absolute Gasteiger partial charge is 0.311 e. The Hall–Kier alpha value is -3.36. The minimum absolute atomic E-state index is 0.197. The summed E-state index contributed by atoms with van der Waals surface area (Å²) < 4.78 is 3.92. The number of aryl methyl sites for hydroxylation is 2. The number of nitrogens with zero attached hydrogens (tertiary/aromatic N) is 2. The van der Waals surface area contributed by atoms with Gasteiger partial charge in [-0.15, -0.1) is 11.8 Å². The van der Waals surface area contributed by atoms with Crippen molar-refractivity contribution in [2.24, 2.45) is 11.8 Å². The maximum Gasteiger partial charge on any atom is 0.311 e. The van der Waals surface area contributed by atoms with Crippen molar-refractivity contribution in [3.8, 4) is 0 Å². The zero-order chi connectivity index (χ0) is 28.9. The molecule has 4 aliphatic rings. The number of ether oxygens (including phenoxy) is 1. The molecule has 2 aromatic carbocycles. The second kappa shape index (κ2) is 10.5. The van der Waals surface area contributed by atoms with E-state index in [0.29, 0.717) is 19.4 Å². The molecule has 2 aromatic rings. The second-order valence-electron chi connectivity index (χ2n) is 11.7. The molecule has 1 spiro atoms. The Balaban J connectivity index is 1.52. The summed E-state index contributed by atoms with van der Waals surface area (Å²) in [7, 11) is 0. The molecule has 6 atom stereocenters. The fraction of sp³-hybridized carbons (Fsp3) is 0.424. The first kappa shape index (κ1) is 27.8. The van der Waals surface area contributed by atoms with Crippen LogP contribution in [0.15, 0.2) is 72.8 Å². The van der Waals surface area contributed by atoms with Gasteiger partial charge in [-0.3, -0.25) is 14.4 Å². The molecule has 1 N–H and O–H groups in total. The summed E-state index contributed by atoms with van der Waals surface area (Å²) in [5.74, 6) is -2.44. The average Bonchev–Trinajstić information content (AvgIpc) is 3.27. The molecule has 2 saturated heterocycles. The van der Waals surface area contributed by atoms with Gasteiger partial charge >= 0.3 is 5.97 Å². The Labute approximate surface area is 245 Å². The second-order valence-corrected chi connectivity index (χ2v) is 13.5. The summed E-state index contributed by atoms with van der Waals surface area (Å²) in [5.41, 5.74) is 3.73. The fourth-order valence-corrected chi connectivity index (χ4v) is 9.53. The molecule has 8 heteroatoms. The number of aliphatic hydroxyl groups excluding tert-OH is 1. The number of benzene rings is 2. The van der Waals surface area contributed by atoms with Crippen LogP contribution in [0.25, 0.3) is 0 Å². The molecule has 6 rings (SSSR count). The quantitative estimate of drug-likeness (QED) is 0.431. The topological polar surface area (TPSA) is 87.2 Å². The van der Waals surface area contributed by atoms with Crippen molar-refractivity contribution < 1.29 is 24.2 Å². The standard InChI is InChI=1S/C33H36N2O5S/c1-21-11-9-12-22(2)27(21)34-17-10-16-33-25(26-31(39)40-18-8-7-15-32(26,3)41-33)29(37)35(28(33)30(34)38)24(20-36)19-23-13-5-4-6-14-23/h4-7,9-16,24-26,28,36H,8,17-20H2,1-3H3/t24-,25+,26-,28?,32+,33+/m1/s1. The molecule has 1 unspecified atom stereocenters. The van der Waals surface area contributed by atoms with Crippen LogP contribution in [0.5, 0.6) is 0 Å². The SMILES string of the molecule is Cc1cccc(C)c1N1CC=C[C@]23S[C@@]4(C)C=CCCOC(=O)[C@H]4[C@H]2C(=O)N([C@@H](CO)Cc2ccccc2)C3C1=O. The molecule has 4 aliphatic heterocycles. The minimum Gasteiger partial charge on any atom is -0.465 e. The molecule has 214 valence electrons. The Morgan fingerprint density at radius 2 is 1.71 bits per heavy atom. The molecule has 0 aliphatic carbocycles. The number of carbonyl (C=O) groups is 3. The van der Waals surface area contributed by atoms with E-state index in [0.717, 1.165) is 22.4 Å². The van der Waals surface area contributed by atoms with Crippen LogP contribution in [0.3, 0.4) is 0 Å². The van der Waals surface area contributed by atoms with Crippen molar-refractivity contribution in [2.45, 2.75) is 55.2 Å². The molecule has 4 heterocycles. The van der Waals surface area contributed by atoms with Crippen molar-refractivity contribution >= 4 is 35.2 Å². The van der Waals surface area contributed by atoms with Gasteiger partial charge in [0, 0.05) is 17.0 Å². The van der Waals surface area contributed by atoms with E-state index in [4.69, 9.17) is 4.74 Å². The lowest BCUT2D eigenvalue weighted by Crippen LogP contribution is -2.57. The molecule has 7 nitrogen and oxygen atoms in total. The van der Waals surface area contributed by atoms with Crippen LogP contribution >= 0.6 is 11.8 Å². The zero-order valence-corrected chi connectivity index (χ0v) is 24.5. The van der Waals surface area contributed by atoms with Crippen LogP contribution in [0.4, 0.5) is 5.69 Å². The van der Waals surface area contributed by atoms with E-state index >= 15 is 0 Å². The lowest BCUT2D eigenvalue weighted by molar-refractivity contribution is -0.154. The Morgan fingerprint density at radius 1 is 0.976 bits per heavy atom. The Kier molecular flexibility index (Phi) is 7.10. The van der Waals surface area contributed by atoms with Crippen LogP contribution in [0.1, 0.15) is 30.0 Å². The normalized spacial score (nSPS) is 31.6. The largest absolute Gasteiger partial charge is 0.465 e. The molecule has 0 aromatic heterocycles. The van der Waals surface area contributed by atoms with Crippen molar-refractivity contribution in [3.63, 3.8) is 0 Å². The first-order valence-electron chi connectivity index (χ1n) is 14.3. The average molecular weight is 573 g/mol. The van der Waals surface area contributed by atoms with Gasteiger partial charge in [-0.1, -0.05) is 72.8 Å². The highest BCUT2D eigenvalue weighted by Crippen LogP contribution is 2.65. The third-order valence-corrected chi connectivity index (χ3v) is 10.9. The van der Waals surface area contributed by atoms with E-state index in [2.05, 4.69) is 0 Å². The van der Waals surface area contributed by atoms with E-state index in [1.807, 2.05) is 93.6 Å². The van der Waals surface area contributed by atoms with E-state index in [-0.39, 0.29) is 25.0 Å². The van der Waals surface area contributed by atoms with Gasteiger partial charge < -0.3 is 19.6 Å². The van der Waals surface area contributed by atoms with Crippen LogP contribution in [-0.4, -0.2) is 69.1 Å². The number of amides is 2. The summed E-state index contributed by atoms with van der Waals surface area (Å²) in [6.07, 6.45) is 9.02. The summed E-state index contributed by atoms with van der Waals surface area (Å²) in [6.45, 7) is 6.25. The highest BCUT2D eigenvalue weighted by Gasteiger charge is 2.74. The third-order valence-electron chi connectivity index (χ3n) is 9.09. The first-order valence-corrected chi connectivity index (χ1v) is 15.1. The zero-order valence-electron chi connectivity index (χ0n) is 23.7. The fourth-order valence-electron chi connectivity index (χ4n) is 7.39. The molecule has 0 radical (unpaired) electrons. The minimum atomic E-state index is -1.00. The predicted octanol–water partition coefficient (Wildman–Crippen LogP) is 4.00. The summed E-state index contributed by atoms with van der Waals surface area (Å²) in [4.78, 5) is 46.5. The molecule has 2 amide bonds.